The van der Waals surface area contributed by atoms with Crippen LogP contribution in [0.25, 0.3) is 0 Å². The van der Waals surface area contributed by atoms with Gasteiger partial charge in [-0.15, -0.1) is 0 Å². The molecule has 1 heterocycles. The Morgan fingerprint density at radius 1 is 0.963 bits per heavy atom. The fourth-order valence-corrected chi connectivity index (χ4v) is 3.19. The molecule has 2 aromatic rings. The quantitative estimate of drug-likeness (QED) is 0.497. The van der Waals surface area contributed by atoms with Crippen LogP contribution in [0.15, 0.2) is 36.4 Å². The van der Waals surface area contributed by atoms with Crippen molar-refractivity contribution in [1.82, 2.24) is 0 Å². The standard InChI is InChI=1S/C22H26O5/c1-4-10-25-16-7-9-20(26-11-5-2)19(12-16)18-14-22(23)27-21-13-15(24-3)6-8-17(18)21/h6-9,12-13,18H,4-5,10-11,14H2,1-3H3/t18-/m0/s1. The molecular weight excluding hydrogens is 344 g/mol. The van der Waals surface area contributed by atoms with Gasteiger partial charge in [0.1, 0.15) is 23.0 Å². The summed E-state index contributed by atoms with van der Waals surface area (Å²) in [5.74, 6) is 2.35. The lowest BCUT2D eigenvalue weighted by Gasteiger charge is -2.27. The van der Waals surface area contributed by atoms with Crippen molar-refractivity contribution in [2.45, 2.75) is 39.0 Å². The van der Waals surface area contributed by atoms with Crippen molar-refractivity contribution in [2.75, 3.05) is 20.3 Å². The third kappa shape index (κ3) is 4.35. The molecule has 0 aliphatic carbocycles. The molecule has 0 bridgehead atoms. The Labute approximate surface area is 160 Å². The van der Waals surface area contributed by atoms with Crippen LogP contribution in [0.2, 0.25) is 0 Å². The number of methoxy groups -OCH3 is 1. The van der Waals surface area contributed by atoms with Gasteiger partial charge in [-0.05, 0) is 37.1 Å². The zero-order chi connectivity index (χ0) is 19.2. The van der Waals surface area contributed by atoms with Gasteiger partial charge in [0, 0.05) is 23.1 Å². The summed E-state index contributed by atoms with van der Waals surface area (Å²) >= 11 is 0. The van der Waals surface area contributed by atoms with Crippen LogP contribution >= 0.6 is 0 Å². The van der Waals surface area contributed by atoms with Gasteiger partial charge in [0.25, 0.3) is 0 Å². The predicted octanol–water partition coefficient (Wildman–Crippen LogP) is 4.71. The van der Waals surface area contributed by atoms with Gasteiger partial charge in [0.05, 0.1) is 26.7 Å². The highest BCUT2D eigenvalue weighted by Crippen LogP contribution is 2.44. The lowest BCUT2D eigenvalue weighted by atomic mass is 9.85. The van der Waals surface area contributed by atoms with Crippen molar-refractivity contribution in [3.8, 4) is 23.0 Å². The number of rotatable bonds is 8. The number of fused-ring (bicyclic) bond motifs is 1. The Balaban J connectivity index is 2.04. The highest BCUT2D eigenvalue weighted by molar-refractivity contribution is 5.78. The first kappa shape index (κ1) is 19.1. The van der Waals surface area contributed by atoms with Crippen molar-refractivity contribution >= 4 is 5.97 Å². The van der Waals surface area contributed by atoms with Crippen molar-refractivity contribution < 1.29 is 23.7 Å². The van der Waals surface area contributed by atoms with E-state index in [2.05, 4.69) is 13.8 Å². The molecule has 5 nitrogen and oxygen atoms in total. The number of carbonyl (C=O) groups excluding carboxylic acids is 1. The molecule has 0 fully saturated rings. The number of benzene rings is 2. The first-order chi connectivity index (χ1) is 13.2. The summed E-state index contributed by atoms with van der Waals surface area (Å²) in [6, 6.07) is 11.4. The Morgan fingerprint density at radius 3 is 2.44 bits per heavy atom. The lowest BCUT2D eigenvalue weighted by Crippen LogP contribution is -2.21. The van der Waals surface area contributed by atoms with Gasteiger partial charge in [0.2, 0.25) is 0 Å². The highest BCUT2D eigenvalue weighted by Gasteiger charge is 2.31. The number of ether oxygens (including phenoxy) is 4. The molecule has 3 rings (SSSR count). The molecule has 1 aliphatic heterocycles. The molecule has 0 radical (unpaired) electrons. The minimum absolute atomic E-state index is 0.149. The van der Waals surface area contributed by atoms with Crippen LogP contribution < -0.4 is 18.9 Å². The molecule has 27 heavy (non-hydrogen) atoms. The maximum absolute atomic E-state index is 12.3. The van der Waals surface area contributed by atoms with E-state index in [4.69, 9.17) is 18.9 Å². The molecule has 0 unspecified atom stereocenters. The Bertz CT molecular complexity index is 799. The molecule has 0 aromatic heterocycles. The van der Waals surface area contributed by atoms with Crippen molar-refractivity contribution in [3.63, 3.8) is 0 Å². The van der Waals surface area contributed by atoms with E-state index < -0.39 is 0 Å². The largest absolute Gasteiger partial charge is 0.497 e. The van der Waals surface area contributed by atoms with Gasteiger partial charge in [-0.25, -0.2) is 0 Å². The normalized spacial score (nSPS) is 15.7. The molecule has 1 atom stereocenters. The van der Waals surface area contributed by atoms with Crippen LogP contribution in [0.4, 0.5) is 0 Å². The Hall–Kier alpha value is -2.69. The smallest absolute Gasteiger partial charge is 0.312 e. The second kappa shape index (κ2) is 8.80. The summed E-state index contributed by atoms with van der Waals surface area (Å²) < 4.78 is 22.5. The van der Waals surface area contributed by atoms with E-state index in [-0.39, 0.29) is 18.3 Å². The molecule has 1 aliphatic rings. The first-order valence-corrected chi connectivity index (χ1v) is 9.44. The van der Waals surface area contributed by atoms with Crippen LogP contribution in [0.3, 0.4) is 0 Å². The average Bonchev–Trinajstić information content (AvgIpc) is 2.69. The van der Waals surface area contributed by atoms with Crippen LogP contribution in [-0.2, 0) is 4.79 Å². The lowest BCUT2D eigenvalue weighted by molar-refractivity contribution is -0.135. The van der Waals surface area contributed by atoms with Crippen LogP contribution in [0.5, 0.6) is 23.0 Å². The van der Waals surface area contributed by atoms with E-state index in [1.165, 1.54) is 0 Å². The van der Waals surface area contributed by atoms with Gasteiger partial charge in [-0.3, -0.25) is 4.79 Å². The van der Waals surface area contributed by atoms with Crippen molar-refractivity contribution in [1.29, 1.82) is 0 Å². The topological polar surface area (TPSA) is 54.0 Å². The summed E-state index contributed by atoms with van der Waals surface area (Å²) in [6.07, 6.45) is 2.11. The van der Waals surface area contributed by atoms with Gasteiger partial charge < -0.3 is 18.9 Å². The first-order valence-electron chi connectivity index (χ1n) is 9.44. The van der Waals surface area contributed by atoms with Gasteiger partial charge in [0.15, 0.2) is 0 Å². The maximum atomic E-state index is 12.3. The number of hydrogen-bond acceptors (Lipinski definition) is 5. The van der Waals surface area contributed by atoms with Crippen LogP contribution in [-0.4, -0.2) is 26.3 Å². The third-order valence-electron chi connectivity index (χ3n) is 4.48. The predicted molar refractivity (Wildman–Crippen MR) is 103 cm³/mol. The molecule has 0 amide bonds. The summed E-state index contributed by atoms with van der Waals surface area (Å²) in [7, 11) is 1.59. The van der Waals surface area contributed by atoms with Crippen LogP contribution in [0, 0.1) is 0 Å². The van der Waals surface area contributed by atoms with E-state index in [0.29, 0.717) is 24.7 Å². The van der Waals surface area contributed by atoms with E-state index >= 15 is 0 Å². The van der Waals surface area contributed by atoms with Crippen LogP contribution in [0.1, 0.15) is 50.2 Å². The number of esters is 1. The van der Waals surface area contributed by atoms with E-state index in [1.54, 1.807) is 13.2 Å². The minimum atomic E-state index is -0.262. The zero-order valence-electron chi connectivity index (χ0n) is 16.1. The van der Waals surface area contributed by atoms with E-state index in [0.717, 1.165) is 35.5 Å². The van der Waals surface area contributed by atoms with E-state index in [9.17, 15) is 4.79 Å². The van der Waals surface area contributed by atoms with Gasteiger partial charge in [-0.2, -0.15) is 0 Å². The maximum Gasteiger partial charge on any atom is 0.312 e. The Morgan fingerprint density at radius 2 is 1.70 bits per heavy atom. The van der Waals surface area contributed by atoms with E-state index in [1.807, 2.05) is 30.3 Å². The van der Waals surface area contributed by atoms with Crippen molar-refractivity contribution in [3.05, 3.63) is 47.5 Å². The minimum Gasteiger partial charge on any atom is -0.497 e. The molecule has 0 saturated heterocycles. The highest BCUT2D eigenvalue weighted by atomic mass is 16.5. The summed E-state index contributed by atoms with van der Waals surface area (Å²) in [5.41, 5.74) is 1.89. The Kier molecular flexibility index (Phi) is 6.22. The molecule has 0 saturated carbocycles. The monoisotopic (exact) mass is 370 g/mol. The van der Waals surface area contributed by atoms with Crippen molar-refractivity contribution in [2.24, 2.45) is 0 Å². The molecule has 5 heteroatoms. The number of carbonyl (C=O) groups is 1. The molecule has 144 valence electrons. The molecule has 0 N–H and O–H groups in total. The second-order valence-corrected chi connectivity index (χ2v) is 6.53. The fraction of sp³-hybridized carbons (Fsp3) is 0.409. The SMILES string of the molecule is CCCOc1ccc(OCCC)c([C@H]2CC(=O)Oc3cc(OC)ccc32)c1. The average molecular weight is 370 g/mol. The third-order valence-corrected chi connectivity index (χ3v) is 4.48. The molecule has 2 aromatic carbocycles. The summed E-state index contributed by atoms with van der Waals surface area (Å²) in [4.78, 5) is 12.3. The second-order valence-electron chi connectivity index (χ2n) is 6.53. The number of hydrogen-bond donors (Lipinski definition) is 0. The van der Waals surface area contributed by atoms with Gasteiger partial charge in [-0.1, -0.05) is 19.9 Å². The van der Waals surface area contributed by atoms with Gasteiger partial charge >= 0.3 is 5.97 Å². The molecular formula is C22H26O5. The summed E-state index contributed by atoms with van der Waals surface area (Å²) in [5, 5.41) is 0. The fourth-order valence-electron chi connectivity index (χ4n) is 3.19. The molecule has 0 spiro atoms. The zero-order valence-corrected chi connectivity index (χ0v) is 16.1. The summed E-state index contributed by atoms with van der Waals surface area (Å²) in [6.45, 7) is 5.41.